The minimum atomic E-state index is -0.657. The normalized spacial score (nSPS) is 10.8. The molecule has 7 heteroatoms. The number of rotatable bonds is 4. The number of carbonyl (C=O) groups is 1. The van der Waals surface area contributed by atoms with Crippen LogP contribution in [0.25, 0.3) is 0 Å². The molecule has 1 heterocycles. The maximum Gasteiger partial charge on any atom is 0.243 e. The highest BCUT2D eigenvalue weighted by atomic mass is 35.5. The molecule has 0 radical (unpaired) electrons. The molecule has 3 N–H and O–H groups in total. The van der Waals surface area contributed by atoms with Gasteiger partial charge in [-0.2, -0.15) is 0 Å². The fourth-order valence-electron chi connectivity index (χ4n) is 1.11. The van der Waals surface area contributed by atoms with Gasteiger partial charge in [0, 0.05) is 13.3 Å². The van der Waals surface area contributed by atoms with Crippen molar-refractivity contribution < 1.29 is 9.53 Å². The van der Waals surface area contributed by atoms with Gasteiger partial charge in [0.15, 0.2) is 0 Å². The summed E-state index contributed by atoms with van der Waals surface area (Å²) >= 11 is 0. The molecule has 0 aliphatic carbocycles. The van der Waals surface area contributed by atoms with E-state index in [0.717, 1.165) is 5.56 Å². The maximum absolute atomic E-state index is 11.5. The Bertz CT molecular complexity index is 350. The number of pyridine rings is 1. The molecule has 1 rings (SSSR count). The zero-order chi connectivity index (χ0) is 11.3. The van der Waals surface area contributed by atoms with Gasteiger partial charge in [-0.3, -0.25) is 9.78 Å². The summed E-state index contributed by atoms with van der Waals surface area (Å²) in [7, 11) is 1.50. The summed E-state index contributed by atoms with van der Waals surface area (Å²) in [6, 6.07) is 1.17. The monoisotopic (exact) mass is 281 g/mol. The molecular formula is C10H17Cl2N3O2. The van der Waals surface area contributed by atoms with Crippen LogP contribution in [0.5, 0.6) is 0 Å². The number of hydrogen-bond acceptors (Lipinski definition) is 4. The third-order valence-electron chi connectivity index (χ3n) is 1.83. The van der Waals surface area contributed by atoms with E-state index in [4.69, 9.17) is 10.5 Å². The molecule has 0 bridgehead atoms. The van der Waals surface area contributed by atoms with Crippen LogP contribution >= 0.6 is 24.8 Å². The van der Waals surface area contributed by atoms with Crippen molar-refractivity contribution in [2.75, 3.05) is 19.0 Å². The average Bonchev–Trinajstić information content (AvgIpc) is 2.18. The predicted molar refractivity (Wildman–Crippen MR) is 72.0 cm³/mol. The molecule has 0 fully saturated rings. The van der Waals surface area contributed by atoms with E-state index in [1.54, 1.807) is 12.4 Å². The molecule has 1 amide bonds. The summed E-state index contributed by atoms with van der Waals surface area (Å²) in [5, 5.41) is 2.66. The minimum absolute atomic E-state index is 0. The van der Waals surface area contributed by atoms with Crippen molar-refractivity contribution >= 4 is 36.4 Å². The van der Waals surface area contributed by atoms with Crippen molar-refractivity contribution in [3.8, 4) is 0 Å². The van der Waals surface area contributed by atoms with Crippen LogP contribution in [0.15, 0.2) is 18.5 Å². The molecule has 0 saturated carbocycles. The molecule has 1 aromatic heterocycles. The average molecular weight is 282 g/mol. The van der Waals surface area contributed by atoms with Crippen molar-refractivity contribution in [1.82, 2.24) is 4.98 Å². The van der Waals surface area contributed by atoms with Crippen LogP contribution in [-0.4, -0.2) is 30.6 Å². The first kappa shape index (κ1) is 18.5. The Hall–Kier alpha value is -0.880. The number of aromatic nitrogens is 1. The zero-order valence-electron chi connectivity index (χ0n) is 9.67. The molecular weight excluding hydrogens is 265 g/mol. The Balaban J connectivity index is 0. The summed E-state index contributed by atoms with van der Waals surface area (Å²) in [5.74, 6) is -0.274. The number of halogens is 2. The van der Waals surface area contributed by atoms with Crippen LogP contribution in [0.4, 0.5) is 5.69 Å². The van der Waals surface area contributed by atoms with Gasteiger partial charge in [0.25, 0.3) is 0 Å². The van der Waals surface area contributed by atoms with E-state index in [1.807, 2.05) is 13.0 Å². The van der Waals surface area contributed by atoms with Crippen LogP contribution in [0.2, 0.25) is 0 Å². The van der Waals surface area contributed by atoms with Crippen LogP contribution in [-0.2, 0) is 9.53 Å². The van der Waals surface area contributed by atoms with Gasteiger partial charge in [-0.25, -0.2) is 0 Å². The number of nitrogens with two attached hydrogens (primary N) is 1. The quantitative estimate of drug-likeness (QED) is 0.868. The molecule has 0 aliphatic rings. The minimum Gasteiger partial charge on any atom is -0.383 e. The molecule has 1 aromatic rings. The number of nitrogens with one attached hydrogen (secondary N) is 1. The predicted octanol–water partition coefficient (Wildman–Crippen LogP) is 1.15. The van der Waals surface area contributed by atoms with Crippen LogP contribution in [0.1, 0.15) is 5.56 Å². The van der Waals surface area contributed by atoms with Gasteiger partial charge < -0.3 is 15.8 Å². The van der Waals surface area contributed by atoms with Crippen LogP contribution in [0.3, 0.4) is 0 Å². The van der Waals surface area contributed by atoms with E-state index < -0.39 is 6.04 Å². The number of hydrogen-bond donors (Lipinski definition) is 2. The SMILES string of the molecule is COCC(N)C(=O)Nc1cncc(C)c1.Cl.Cl. The van der Waals surface area contributed by atoms with Crippen molar-refractivity contribution in [2.45, 2.75) is 13.0 Å². The summed E-state index contributed by atoms with van der Waals surface area (Å²) < 4.78 is 4.78. The largest absolute Gasteiger partial charge is 0.383 e. The van der Waals surface area contributed by atoms with E-state index in [9.17, 15) is 4.79 Å². The van der Waals surface area contributed by atoms with Gasteiger partial charge in [-0.15, -0.1) is 24.8 Å². The van der Waals surface area contributed by atoms with Gasteiger partial charge in [-0.05, 0) is 18.6 Å². The lowest BCUT2D eigenvalue weighted by Crippen LogP contribution is -2.39. The lowest BCUT2D eigenvalue weighted by molar-refractivity contribution is -0.118. The van der Waals surface area contributed by atoms with E-state index in [1.165, 1.54) is 7.11 Å². The smallest absolute Gasteiger partial charge is 0.243 e. The number of anilines is 1. The second kappa shape index (κ2) is 9.18. The molecule has 0 saturated heterocycles. The number of ether oxygens (including phenoxy) is 1. The number of carbonyl (C=O) groups excluding carboxylic acids is 1. The van der Waals surface area contributed by atoms with Gasteiger partial charge in [0.1, 0.15) is 6.04 Å². The van der Waals surface area contributed by atoms with Gasteiger partial charge >= 0.3 is 0 Å². The first-order valence-electron chi connectivity index (χ1n) is 4.60. The van der Waals surface area contributed by atoms with E-state index in [0.29, 0.717) is 5.69 Å². The Morgan fingerprint density at radius 3 is 2.71 bits per heavy atom. The van der Waals surface area contributed by atoms with Crippen LogP contribution < -0.4 is 11.1 Å². The van der Waals surface area contributed by atoms with Gasteiger partial charge in [0.05, 0.1) is 18.5 Å². The number of aryl methyl sites for hydroxylation is 1. The number of nitrogens with zero attached hydrogens (tertiary/aromatic N) is 1. The summed E-state index contributed by atoms with van der Waals surface area (Å²) in [5.41, 5.74) is 7.18. The third-order valence-corrected chi connectivity index (χ3v) is 1.83. The molecule has 17 heavy (non-hydrogen) atoms. The lowest BCUT2D eigenvalue weighted by atomic mass is 10.2. The van der Waals surface area contributed by atoms with E-state index >= 15 is 0 Å². The topological polar surface area (TPSA) is 77.2 Å². The van der Waals surface area contributed by atoms with Gasteiger partial charge in [0.2, 0.25) is 5.91 Å². The highest BCUT2D eigenvalue weighted by Crippen LogP contribution is 2.07. The van der Waals surface area contributed by atoms with Crippen molar-refractivity contribution in [2.24, 2.45) is 5.73 Å². The number of methoxy groups -OCH3 is 1. The summed E-state index contributed by atoms with van der Waals surface area (Å²) in [6.45, 7) is 2.10. The fourth-order valence-corrected chi connectivity index (χ4v) is 1.11. The summed E-state index contributed by atoms with van der Waals surface area (Å²) in [4.78, 5) is 15.4. The highest BCUT2D eigenvalue weighted by Gasteiger charge is 2.12. The first-order valence-corrected chi connectivity index (χ1v) is 4.60. The second-order valence-corrected chi connectivity index (χ2v) is 3.30. The number of amides is 1. The molecule has 5 nitrogen and oxygen atoms in total. The Morgan fingerprint density at radius 2 is 2.18 bits per heavy atom. The Morgan fingerprint density at radius 1 is 1.53 bits per heavy atom. The Labute approximate surface area is 113 Å². The summed E-state index contributed by atoms with van der Waals surface area (Å²) in [6.07, 6.45) is 3.29. The molecule has 0 spiro atoms. The van der Waals surface area contributed by atoms with Gasteiger partial charge in [-0.1, -0.05) is 0 Å². The zero-order valence-corrected chi connectivity index (χ0v) is 11.3. The van der Waals surface area contributed by atoms with Crippen LogP contribution in [0, 0.1) is 6.92 Å². The second-order valence-electron chi connectivity index (χ2n) is 3.30. The lowest BCUT2D eigenvalue weighted by Gasteiger charge is -2.10. The van der Waals surface area contributed by atoms with Crippen molar-refractivity contribution in [3.63, 3.8) is 0 Å². The van der Waals surface area contributed by atoms with Crippen molar-refractivity contribution in [3.05, 3.63) is 24.0 Å². The van der Waals surface area contributed by atoms with E-state index in [2.05, 4.69) is 10.3 Å². The molecule has 1 unspecified atom stereocenters. The van der Waals surface area contributed by atoms with E-state index in [-0.39, 0.29) is 37.3 Å². The Kier molecular flexibility index (Phi) is 9.98. The van der Waals surface area contributed by atoms with Crippen molar-refractivity contribution in [1.29, 1.82) is 0 Å². The molecule has 0 aliphatic heterocycles. The highest BCUT2D eigenvalue weighted by molar-refractivity contribution is 5.94. The maximum atomic E-state index is 11.5. The molecule has 98 valence electrons. The molecule has 0 aromatic carbocycles. The molecule has 1 atom stereocenters. The first-order chi connectivity index (χ1) is 7.13. The standard InChI is InChI=1S/C10H15N3O2.2ClH/c1-7-3-8(5-12-4-7)13-10(14)9(11)6-15-2;;/h3-5,9H,6,11H2,1-2H3,(H,13,14);2*1H. The third kappa shape index (κ3) is 6.43. The fraction of sp³-hybridized carbons (Fsp3) is 0.400.